The molecule has 7 nitrogen and oxygen atoms in total. The second-order valence-corrected chi connectivity index (χ2v) is 5.91. The number of urea groups is 1. The summed E-state index contributed by atoms with van der Waals surface area (Å²) in [5.74, 6) is 1.07. The van der Waals surface area contributed by atoms with E-state index in [0.717, 1.165) is 13.1 Å². The third kappa shape index (κ3) is 4.69. The molecule has 2 rings (SSSR count). The Balaban J connectivity index is 1.69. The van der Waals surface area contributed by atoms with E-state index in [2.05, 4.69) is 27.3 Å². The monoisotopic (exact) mass is 309 g/mol. The summed E-state index contributed by atoms with van der Waals surface area (Å²) in [6.45, 7) is 7.25. The molecule has 0 aliphatic carbocycles. The van der Waals surface area contributed by atoms with E-state index in [9.17, 15) is 4.79 Å². The SMILES string of the molecule is CCc1nnc(CN(C)C(=O)NCCN2CCCCC2C)o1. The maximum atomic E-state index is 12.1. The molecule has 1 N–H and O–H groups in total. The van der Waals surface area contributed by atoms with Crippen LogP contribution in [0.2, 0.25) is 0 Å². The van der Waals surface area contributed by atoms with Crippen molar-refractivity contribution in [3.8, 4) is 0 Å². The Labute approximate surface area is 132 Å². The Kier molecular flexibility index (Phi) is 6.18. The molecule has 0 radical (unpaired) electrons. The number of aromatic nitrogens is 2. The van der Waals surface area contributed by atoms with Crippen molar-refractivity contribution >= 4 is 6.03 Å². The fourth-order valence-corrected chi connectivity index (χ4v) is 2.70. The van der Waals surface area contributed by atoms with E-state index in [1.165, 1.54) is 19.3 Å². The molecule has 1 aliphatic heterocycles. The molecule has 1 saturated heterocycles. The zero-order valence-corrected chi connectivity index (χ0v) is 13.8. The zero-order valence-electron chi connectivity index (χ0n) is 13.8. The van der Waals surface area contributed by atoms with E-state index in [0.29, 0.717) is 37.3 Å². The molecule has 1 aromatic rings. The van der Waals surface area contributed by atoms with Crippen molar-refractivity contribution in [2.45, 2.75) is 52.1 Å². The van der Waals surface area contributed by atoms with Crippen LogP contribution in [0.4, 0.5) is 4.79 Å². The van der Waals surface area contributed by atoms with Crippen LogP contribution >= 0.6 is 0 Å². The van der Waals surface area contributed by atoms with Crippen LogP contribution in [0.1, 0.15) is 44.9 Å². The number of hydrogen-bond donors (Lipinski definition) is 1. The van der Waals surface area contributed by atoms with Gasteiger partial charge >= 0.3 is 6.03 Å². The molecule has 1 aromatic heterocycles. The van der Waals surface area contributed by atoms with Gasteiger partial charge in [0.25, 0.3) is 0 Å². The van der Waals surface area contributed by atoms with Crippen LogP contribution in [0.15, 0.2) is 4.42 Å². The Bertz CT molecular complexity index is 476. The van der Waals surface area contributed by atoms with Crippen molar-refractivity contribution in [3.05, 3.63) is 11.8 Å². The normalized spacial score (nSPS) is 19.1. The third-order valence-electron chi connectivity index (χ3n) is 4.15. The molecule has 1 unspecified atom stereocenters. The van der Waals surface area contributed by atoms with E-state index in [1.807, 2.05) is 6.92 Å². The highest BCUT2D eigenvalue weighted by Gasteiger charge is 2.18. The van der Waals surface area contributed by atoms with E-state index in [1.54, 1.807) is 11.9 Å². The topological polar surface area (TPSA) is 74.5 Å². The van der Waals surface area contributed by atoms with Gasteiger partial charge in [-0.2, -0.15) is 0 Å². The van der Waals surface area contributed by atoms with E-state index in [4.69, 9.17) is 4.42 Å². The van der Waals surface area contributed by atoms with Gasteiger partial charge in [0.2, 0.25) is 11.8 Å². The molecule has 0 bridgehead atoms. The predicted octanol–water partition coefficient (Wildman–Crippen LogP) is 1.65. The first-order valence-corrected chi connectivity index (χ1v) is 8.14. The summed E-state index contributed by atoms with van der Waals surface area (Å²) in [6, 6.07) is 0.509. The Morgan fingerprint density at radius 3 is 2.86 bits per heavy atom. The fourth-order valence-electron chi connectivity index (χ4n) is 2.70. The van der Waals surface area contributed by atoms with Crippen LogP contribution in [-0.2, 0) is 13.0 Å². The molecule has 1 atom stereocenters. The molecular weight excluding hydrogens is 282 g/mol. The summed E-state index contributed by atoms with van der Waals surface area (Å²) >= 11 is 0. The van der Waals surface area contributed by atoms with Crippen molar-refractivity contribution in [2.24, 2.45) is 0 Å². The number of rotatable bonds is 6. The first kappa shape index (κ1) is 16.7. The highest BCUT2D eigenvalue weighted by molar-refractivity contribution is 5.73. The Hall–Kier alpha value is -1.63. The first-order valence-electron chi connectivity index (χ1n) is 8.14. The molecule has 2 heterocycles. The maximum absolute atomic E-state index is 12.1. The Morgan fingerprint density at radius 1 is 1.41 bits per heavy atom. The number of nitrogens with one attached hydrogen (secondary N) is 1. The molecule has 22 heavy (non-hydrogen) atoms. The average Bonchev–Trinajstić information content (AvgIpc) is 2.96. The van der Waals surface area contributed by atoms with Gasteiger partial charge in [-0.05, 0) is 26.3 Å². The van der Waals surface area contributed by atoms with Crippen LogP contribution in [0.3, 0.4) is 0 Å². The highest BCUT2D eigenvalue weighted by atomic mass is 16.4. The number of carbonyl (C=O) groups is 1. The highest BCUT2D eigenvalue weighted by Crippen LogP contribution is 2.15. The summed E-state index contributed by atoms with van der Waals surface area (Å²) in [7, 11) is 1.73. The number of amides is 2. The standard InChI is InChI=1S/C15H27N5O2/c1-4-13-17-18-14(22-13)11-19(3)15(21)16-8-10-20-9-6-5-7-12(20)2/h12H,4-11H2,1-3H3,(H,16,21). The summed E-state index contributed by atoms with van der Waals surface area (Å²) in [5, 5.41) is 10.8. The van der Waals surface area contributed by atoms with Gasteiger partial charge in [0.05, 0.1) is 0 Å². The molecule has 0 spiro atoms. The summed E-state index contributed by atoms with van der Waals surface area (Å²) in [5.41, 5.74) is 0. The predicted molar refractivity (Wildman–Crippen MR) is 83.4 cm³/mol. The van der Waals surface area contributed by atoms with Gasteiger partial charge in [0.1, 0.15) is 6.54 Å². The molecular formula is C15H27N5O2. The average molecular weight is 309 g/mol. The quantitative estimate of drug-likeness (QED) is 0.865. The van der Waals surface area contributed by atoms with Gasteiger partial charge in [-0.25, -0.2) is 4.79 Å². The van der Waals surface area contributed by atoms with Crippen molar-refractivity contribution in [3.63, 3.8) is 0 Å². The van der Waals surface area contributed by atoms with Gasteiger partial charge < -0.3 is 14.6 Å². The van der Waals surface area contributed by atoms with E-state index < -0.39 is 0 Å². The molecule has 0 aromatic carbocycles. The molecule has 7 heteroatoms. The fraction of sp³-hybridized carbons (Fsp3) is 0.800. The van der Waals surface area contributed by atoms with Crippen molar-refractivity contribution in [1.82, 2.24) is 25.3 Å². The lowest BCUT2D eigenvalue weighted by atomic mass is 10.0. The minimum Gasteiger partial charge on any atom is -0.423 e. The summed E-state index contributed by atoms with van der Waals surface area (Å²) in [6.07, 6.45) is 4.54. The molecule has 1 aliphatic rings. The van der Waals surface area contributed by atoms with Crippen molar-refractivity contribution in [1.29, 1.82) is 0 Å². The first-order chi connectivity index (χ1) is 10.6. The lowest BCUT2D eigenvalue weighted by molar-refractivity contribution is 0.158. The van der Waals surface area contributed by atoms with E-state index >= 15 is 0 Å². The Morgan fingerprint density at radius 2 is 2.18 bits per heavy atom. The van der Waals surface area contributed by atoms with E-state index in [-0.39, 0.29) is 6.03 Å². The number of carbonyl (C=O) groups excluding carboxylic acids is 1. The van der Waals surface area contributed by atoms with Crippen molar-refractivity contribution in [2.75, 3.05) is 26.7 Å². The van der Waals surface area contributed by atoms with Gasteiger partial charge in [-0.1, -0.05) is 13.3 Å². The largest absolute Gasteiger partial charge is 0.423 e. The summed E-state index contributed by atoms with van der Waals surface area (Å²) in [4.78, 5) is 16.1. The van der Waals surface area contributed by atoms with Gasteiger partial charge in [0, 0.05) is 32.6 Å². The van der Waals surface area contributed by atoms with Crippen LogP contribution in [0, 0.1) is 0 Å². The third-order valence-corrected chi connectivity index (χ3v) is 4.15. The zero-order chi connectivity index (χ0) is 15.9. The van der Waals surface area contributed by atoms with Crippen LogP contribution in [-0.4, -0.2) is 58.8 Å². The number of aryl methyl sites for hydroxylation is 1. The maximum Gasteiger partial charge on any atom is 0.317 e. The molecule has 2 amide bonds. The van der Waals surface area contributed by atoms with Gasteiger partial charge in [-0.3, -0.25) is 4.90 Å². The number of hydrogen-bond acceptors (Lipinski definition) is 5. The molecule has 1 fully saturated rings. The second kappa shape index (κ2) is 8.12. The van der Waals surface area contributed by atoms with Crippen LogP contribution < -0.4 is 5.32 Å². The van der Waals surface area contributed by atoms with Gasteiger partial charge in [0.15, 0.2) is 0 Å². The minimum atomic E-state index is -0.110. The number of piperidine rings is 1. The molecule has 124 valence electrons. The van der Waals surface area contributed by atoms with Gasteiger partial charge in [-0.15, -0.1) is 10.2 Å². The number of nitrogens with zero attached hydrogens (tertiary/aromatic N) is 4. The van der Waals surface area contributed by atoms with Crippen LogP contribution in [0.5, 0.6) is 0 Å². The molecule has 0 saturated carbocycles. The van der Waals surface area contributed by atoms with Crippen molar-refractivity contribution < 1.29 is 9.21 Å². The smallest absolute Gasteiger partial charge is 0.317 e. The number of likely N-dealkylation sites (tertiary alicyclic amines) is 1. The summed E-state index contributed by atoms with van der Waals surface area (Å²) < 4.78 is 5.42. The lowest BCUT2D eigenvalue weighted by Gasteiger charge is -2.33. The van der Waals surface area contributed by atoms with Crippen LogP contribution in [0.25, 0.3) is 0 Å². The second-order valence-electron chi connectivity index (χ2n) is 5.91. The minimum absolute atomic E-state index is 0.110. The lowest BCUT2D eigenvalue weighted by Crippen LogP contribution is -2.44.